The number of carbonyl (C=O) groups excluding carboxylic acids is 2. The van der Waals surface area contributed by atoms with Gasteiger partial charge in [0.05, 0.1) is 24.0 Å². The van der Waals surface area contributed by atoms with E-state index in [2.05, 4.69) is 0 Å². The fourth-order valence-electron chi connectivity index (χ4n) is 6.72. The van der Waals surface area contributed by atoms with Gasteiger partial charge in [-0.25, -0.2) is 9.59 Å². The quantitative estimate of drug-likeness (QED) is 0.0938. The van der Waals surface area contributed by atoms with E-state index in [-0.39, 0.29) is 11.3 Å². The van der Waals surface area contributed by atoms with E-state index in [9.17, 15) is 9.59 Å². The lowest BCUT2D eigenvalue weighted by Gasteiger charge is -2.35. The van der Waals surface area contributed by atoms with E-state index in [1.165, 1.54) is 7.11 Å². The van der Waals surface area contributed by atoms with Gasteiger partial charge in [-0.3, -0.25) is 4.67 Å². The average Bonchev–Trinajstić information content (AvgIpc) is 3.18. The fourth-order valence-corrected chi connectivity index (χ4v) is 9.42. The number of carbonyl (C=O) groups is 2. The second-order valence-corrected chi connectivity index (χ2v) is 16.3. The second kappa shape index (κ2) is 16.7. The largest absolute Gasteiger partial charge is 0.530 e. The molecule has 1 aliphatic rings. The molecule has 0 saturated heterocycles. The molecule has 6 aromatic rings. The van der Waals surface area contributed by atoms with Crippen LogP contribution < -0.4 is 22.8 Å². The van der Waals surface area contributed by atoms with E-state index in [4.69, 9.17) is 27.4 Å². The maximum Gasteiger partial charge on any atom is 0.530 e. The Morgan fingerprint density at radius 1 is 0.596 bits per heavy atom. The van der Waals surface area contributed by atoms with Crippen LogP contribution in [0.15, 0.2) is 115 Å². The summed E-state index contributed by atoms with van der Waals surface area (Å²) < 4.78 is 40.2. The molecule has 0 fully saturated rings. The van der Waals surface area contributed by atoms with E-state index < -0.39 is 29.1 Å². The van der Waals surface area contributed by atoms with Gasteiger partial charge in [-0.2, -0.15) is 0 Å². The van der Waals surface area contributed by atoms with Crippen LogP contribution in [-0.4, -0.2) is 19.0 Å². The van der Waals surface area contributed by atoms with Gasteiger partial charge in [-0.15, -0.1) is 0 Å². The number of benzene rings is 6. The predicted octanol–water partition coefficient (Wildman–Crippen LogP) is 12.7. The highest BCUT2D eigenvalue weighted by Gasteiger charge is 2.39. The van der Waals surface area contributed by atoms with Crippen molar-refractivity contribution >= 4 is 40.4 Å². The standard InChI is InChI=1S/C46H43NO8P2/c1-28-18-20-41(32(5)22-28)51-57(52-42-21-19-29(2)23-33(42)6)54-43-34(7)24-30(3)25-37(43)38-26-31(4)27-39(45(48)50-8)44(38)53-56-47(35-14-10-9-11-15-35)40-17-13-12-16-36(40)46(49)55-56/h9-27H,1-8H3. The number of rotatable bonds is 11. The highest BCUT2D eigenvalue weighted by Crippen LogP contribution is 2.58. The third-order valence-corrected chi connectivity index (χ3v) is 11.8. The first-order valence-corrected chi connectivity index (χ1v) is 20.6. The lowest BCUT2D eigenvalue weighted by molar-refractivity contribution is 0.0598. The Bertz CT molecular complexity index is 2430. The van der Waals surface area contributed by atoms with Gasteiger partial charge < -0.3 is 27.4 Å². The van der Waals surface area contributed by atoms with Gasteiger partial charge in [0.1, 0.15) is 22.8 Å². The molecule has 0 bridgehead atoms. The molecular weight excluding hydrogens is 756 g/mol. The normalized spacial score (nSPS) is 13.5. The van der Waals surface area contributed by atoms with Crippen LogP contribution in [0.5, 0.6) is 23.0 Å². The molecule has 0 aromatic heterocycles. The molecule has 6 aromatic carbocycles. The van der Waals surface area contributed by atoms with Gasteiger partial charge in [0.25, 0.3) is 0 Å². The van der Waals surface area contributed by atoms with Gasteiger partial charge in [0.2, 0.25) is 0 Å². The van der Waals surface area contributed by atoms with Crippen LogP contribution in [0, 0.1) is 48.5 Å². The van der Waals surface area contributed by atoms with Gasteiger partial charge in [-0.05, 0) is 131 Å². The van der Waals surface area contributed by atoms with Crippen LogP contribution in [0.2, 0.25) is 0 Å². The van der Waals surface area contributed by atoms with Crippen molar-refractivity contribution in [3.63, 3.8) is 0 Å². The Kier molecular flexibility index (Phi) is 11.5. The Balaban J connectivity index is 1.38. The fraction of sp³-hybridized carbons (Fsp3) is 0.174. The lowest BCUT2D eigenvalue weighted by atomic mass is 9.95. The van der Waals surface area contributed by atoms with E-state index in [0.717, 1.165) is 44.6 Å². The van der Waals surface area contributed by atoms with Crippen LogP contribution in [0.4, 0.5) is 11.4 Å². The van der Waals surface area contributed by atoms with E-state index in [1.54, 1.807) is 18.2 Å². The molecule has 1 aliphatic heterocycles. The van der Waals surface area contributed by atoms with Gasteiger partial charge >= 0.3 is 29.1 Å². The number of methoxy groups -OCH3 is 1. The highest BCUT2D eigenvalue weighted by molar-refractivity contribution is 7.51. The summed E-state index contributed by atoms with van der Waals surface area (Å²) in [4.78, 5) is 27.2. The molecule has 0 N–H and O–H groups in total. The highest BCUT2D eigenvalue weighted by atomic mass is 31.2. The van der Waals surface area contributed by atoms with E-state index in [0.29, 0.717) is 39.6 Å². The molecule has 9 nitrogen and oxygen atoms in total. The van der Waals surface area contributed by atoms with Crippen molar-refractivity contribution in [2.75, 3.05) is 11.8 Å². The summed E-state index contributed by atoms with van der Waals surface area (Å²) in [5.74, 6) is 0.718. The number of hydrogen-bond acceptors (Lipinski definition) is 9. The molecule has 0 spiro atoms. The summed E-state index contributed by atoms with van der Waals surface area (Å²) in [5.41, 5.74) is 9.62. The first-order valence-electron chi connectivity index (χ1n) is 18.4. The number of hydrogen-bond donors (Lipinski definition) is 0. The maximum atomic E-state index is 13.7. The summed E-state index contributed by atoms with van der Waals surface area (Å²) in [7, 11) is -3.00. The van der Waals surface area contributed by atoms with Crippen LogP contribution >= 0.6 is 17.1 Å². The topological polar surface area (TPSA) is 92.8 Å². The summed E-state index contributed by atoms with van der Waals surface area (Å²) >= 11 is 0. The zero-order valence-electron chi connectivity index (χ0n) is 33.1. The van der Waals surface area contributed by atoms with E-state index in [1.807, 2.05) is 150 Å². The molecule has 7 rings (SSSR count). The Morgan fingerprint density at radius 2 is 1.16 bits per heavy atom. The number of fused-ring (bicyclic) bond motifs is 1. The minimum Gasteiger partial charge on any atom is -0.465 e. The van der Waals surface area contributed by atoms with Crippen LogP contribution in [0.3, 0.4) is 0 Å². The van der Waals surface area contributed by atoms with Crippen LogP contribution in [0.25, 0.3) is 11.1 Å². The number of anilines is 2. The smallest absolute Gasteiger partial charge is 0.465 e. The summed E-state index contributed by atoms with van der Waals surface area (Å²) in [5, 5.41) is 0. The van der Waals surface area contributed by atoms with Crippen LogP contribution in [0.1, 0.15) is 59.7 Å². The molecule has 0 amide bonds. The van der Waals surface area contributed by atoms with Gasteiger partial charge in [0, 0.05) is 11.1 Å². The maximum absolute atomic E-state index is 13.7. The Hall–Kier alpha value is -5.88. The summed E-state index contributed by atoms with van der Waals surface area (Å²) in [6.45, 7) is 13.9. The Labute approximate surface area is 336 Å². The molecule has 0 aliphatic carbocycles. The molecule has 1 heterocycles. The van der Waals surface area contributed by atoms with Gasteiger partial charge in [0.15, 0.2) is 5.75 Å². The molecule has 1 unspecified atom stereocenters. The molecule has 11 heteroatoms. The van der Waals surface area contributed by atoms with Crippen molar-refractivity contribution in [2.45, 2.75) is 48.5 Å². The first kappa shape index (κ1) is 39.4. The zero-order chi connectivity index (χ0) is 40.4. The minimum absolute atomic E-state index is 0.156. The lowest BCUT2D eigenvalue weighted by Crippen LogP contribution is -2.25. The summed E-state index contributed by atoms with van der Waals surface area (Å²) in [6, 6.07) is 36.2. The molecular formula is C46H43NO8P2. The van der Waals surface area contributed by atoms with Crippen molar-refractivity contribution in [3.8, 4) is 34.1 Å². The average molecular weight is 800 g/mol. The zero-order valence-corrected chi connectivity index (χ0v) is 34.9. The van der Waals surface area contributed by atoms with Crippen molar-refractivity contribution in [3.05, 3.63) is 165 Å². The minimum atomic E-state index is -2.21. The van der Waals surface area contributed by atoms with Gasteiger partial charge in [-0.1, -0.05) is 71.8 Å². The molecule has 0 saturated carbocycles. The van der Waals surface area contributed by atoms with Crippen molar-refractivity contribution in [1.29, 1.82) is 0 Å². The molecule has 1 atom stereocenters. The number of para-hydroxylation sites is 2. The van der Waals surface area contributed by atoms with Crippen molar-refractivity contribution in [2.24, 2.45) is 0 Å². The number of aryl methyl sites for hydroxylation is 7. The molecule has 290 valence electrons. The number of esters is 1. The third kappa shape index (κ3) is 8.46. The van der Waals surface area contributed by atoms with Crippen molar-refractivity contribution < 1.29 is 36.9 Å². The third-order valence-electron chi connectivity index (χ3n) is 9.37. The van der Waals surface area contributed by atoms with Crippen molar-refractivity contribution in [1.82, 2.24) is 0 Å². The first-order chi connectivity index (χ1) is 27.4. The molecule has 57 heavy (non-hydrogen) atoms. The second-order valence-electron chi connectivity index (χ2n) is 14.0. The summed E-state index contributed by atoms with van der Waals surface area (Å²) in [6.07, 6.45) is 0. The Morgan fingerprint density at radius 3 is 1.77 bits per heavy atom. The SMILES string of the molecule is COC(=O)c1cc(C)cc(-c2cc(C)cc(C)c2OP(Oc2ccc(C)cc2C)Oc2ccc(C)cc2C)c1OP1OC(=O)c2ccccc2N1c1ccccc1. The van der Waals surface area contributed by atoms with E-state index >= 15 is 0 Å². The number of ether oxygens (including phenoxy) is 1. The monoisotopic (exact) mass is 799 g/mol. The predicted molar refractivity (Wildman–Crippen MR) is 226 cm³/mol. The molecule has 0 radical (unpaired) electrons. The van der Waals surface area contributed by atoms with Crippen LogP contribution in [-0.2, 0) is 9.26 Å². The number of nitrogens with zero attached hydrogens (tertiary/aromatic N) is 1.